The maximum absolute atomic E-state index is 13.5. The van der Waals surface area contributed by atoms with Crippen LogP contribution in [-0.2, 0) is 31.9 Å². The summed E-state index contributed by atoms with van der Waals surface area (Å²) in [5.41, 5.74) is 2.09. The molecule has 3 aromatic carbocycles. The maximum atomic E-state index is 13.5. The van der Waals surface area contributed by atoms with E-state index >= 15 is 0 Å². The summed E-state index contributed by atoms with van der Waals surface area (Å²) in [5.74, 6) is 0.0493. The number of hydrogen-bond donors (Lipinski definition) is 4. The number of sulfonamides is 1. The first kappa shape index (κ1) is 39.8. The average Bonchev–Trinajstić information content (AvgIpc) is 3.08. The summed E-state index contributed by atoms with van der Waals surface area (Å²) in [7, 11) is -2.30. The van der Waals surface area contributed by atoms with Gasteiger partial charge in [-0.1, -0.05) is 94.4 Å². The van der Waals surface area contributed by atoms with E-state index in [2.05, 4.69) is 21.9 Å². The molecule has 0 heterocycles. The van der Waals surface area contributed by atoms with Gasteiger partial charge in [-0.05, 0) is 54.0 Å². The summed E-state index contributed by atoms with van der Waals surface area (Å²) in [6, 6.07) is 23.0. The number of nitrogens with one attached hydrogen (secondary N) is 3. The lowest BCUT2D eigenvalue weighted by atomic mass is 9.89. The van der Waals surface area contributed by atoms with Crippen LogP contribution in [0.2, 0.25) is 0 Å². The molecule has 0 spiro atoms. The van der Waals surface area contributed by atoms with Gasteiger partial charge in [-0.15, -0.1) is 12.3 Å². The Balaban J connectivity index is 1.71. The zero-order valence-corrected chi connectivity index (χ0v) is 30.3. The second kappa shape index (κ2) is 18.9. The van der Waals surface area contributed by atoms with Crippen LogP contribution >= 0.6 is 0 Å². The summed E-state index contributed by atoms with van der Waals surface area (Å²) in [5, 5.41) is 20.0. The van der Waals surface area contributed by atoms with Crippen molar-refractivity contribution in [1.29, 1.82) is 0 Å². The van der Waals surface area contributed by atoms with Crippen molar-refractivity contribution in [3.8, 4) is 12.3 Å². The fourth-order valence-corrected chi connectivity index (χ4v) is 6.78. The molecule has 50 heavy (non-hydrogen) atoms. The average molecular weight is 703 g/mol. The van der Waals surface area contributed by atoms with Gasteiger partial charge in [-0.2, -0.15) is 0 Å². The van der Waals surface area contributed by atoms with E-state index in [4.69, 9.17) is 6.42 Å². The van der Waals surface area contributed by atoms with Gasteiger partial charge in [0.25, 0.3) is 5.91 Å². The lowest BCUT2D eigenvalue weighted by Gasteiger charge is -2.29. The number of hydrogen-bond acceptors (Lipinski definition) is 6. The molecule has 0 aliphatic carbocycles. The van der Waals surface area contributed by atoms with Gasteiger partial charge in [0.1, 0.15) is 6.04 Å². The molecule has 3 rings (SSSR count). The Morgan fingerprint density at radius 1 is 0.840 bits per heavy atom. The van der Waals surface area contributed by atoms with Crippen LogP contribution in [0.25, 0.3) is 0 Å². The third-order valence-corrected chi connectivity index (χ3v) is 10.1. The highest BCUT2D eigenvalue weighted by molar-refractivity contribution is 7.92. The Bertz CT molecular complexity index is 1710. The molecule has 0 aromatic heterocycles. The van der Waals surface area contributed by atoms with Crippen molar-refractivity contribution in [2.24, 2.45) is 17.8 Å². The molecule has 0 aliphatic heterocycles. The standard InChI is InChI=1S/C39H50N4O6S/c1-7-15-31(38(46)42-36(28(4)5)39(47)40-25-29-16-10-8-11-17-29)24-35(44)34(22-27(2)3)41-37(45)32-20-14-21-33(23-32)43(6)50(48,49)26-30-18-12-9-13-19-30/h1,8-14,16-21,23,27-28,31,34-36,44H,15,22,24-26H2,2-6H3,(H,40,47)(H,41,45)(H,42,46)/t31-,34+,35+,36+/m1/s1. The summed E-state index contributed by atoms with van der Waals surface area (Å²) in [6.45, 7) is 7.87. The number of carbonyl (C=O) groups is 3. The molecule has 10 nitrogen and oxygen atoms in total. The van der Waals surface area contributed by atoms with Gasteiger partial charge in [-0.3, -0.25) is 18.7 Å². The van der Waals surface area contributed by atoms with Crippen molar-refractivity contribution in [1.82, 2.24) is 16.0 Å². The van der Waals surface area contributed by atoms with Crippen LogP contribution in [0.3, 0.4) is 0 Å². The van der Waals surface area contributed by atoms with E-state index in [0.29, 0.717) is 24.2 Å². The van der Waals surface area contributed by atoms with E-state index in [0.717, 1.165) is 9.87 Å². The van der Waals surface area contributed by atoms with E-state index in [-0.39, 0.29) is 41.9 Å². The molecule has 3 amide bonds. The van der Waals surface area contributed by atoms with Crippen molar-refractivity contribution in [3.05, 3.63) is 102 Å². The zero-order chi connectivity index (χ0) is 36.8. The molecule has 268 valence electrons. The molecular weight excluding hydrogens is 653 g/mol. The Morgan fingerprint density at radius 2 is 1.46 bits per heavy atom. The van der Waals surface area contributed by atoms with E-state index in [1.54, 1.807) is 42.5 Å². The van der Waals surface area contributed by atoms with Gasteiger partial charge in [0.15, 0.2) is 0 Å². The van der Waals surface area contributed by atoms with Crippen LogP contribution in [0.4, 0.5) is 5.69 Å². The Morgan fingerprint density at radius 3 is 2.04 bits per heavy atom. The number of benzene rings is 3. The molecule has 4 atom stereocenters. The number of carbonyl (C=O) groups excluding carboxylic acids is 3. The monoisotopic (exact) mass is 702 g/mol. The topological polar surface area (TPSA) is 145 Å². The first-order valence-corrected chi connectivity index (χ1v) is 18.5. The molecule has 0 bridgehead atoms. The number of aliphatic hydroxyl groups excluding tert-OH is 1. The summed E-state index contributed by atoms with van der Waals surface area (Å²) in [6.07, 6.45) is 4.85. The SMILES string of the molecule is C#CC[C@H](C[C@H](O)[C@H](CC(C)C)NC(=O)c1cccc(N(C)S(=O)(=O)Cc2ccccc2)c1)C(=O)N[C@H](C(=O)NCc1ccccc1)C(C)C. The van der Waals surface area contributed by atoms with E-state index in [9.17, 15) is 27.9 Å². The van der Waals surface area contributed by atoms with Crippen LogP contribution in [0.5, 0.6) is 0 Å². The second-order valence-electron chi connectivity index (χ2n) is 13.3. The quantitative estimate of drug-likeness (QED) is 0.142. The molecule has 0 aliphatic rings. The normalized spacial score (nSPS) is 13.8. The van der Waals surface area contributed by atoms with Crippen molar-refractivity contribution in [2.45, 2.75) is 77.4 Å². The van der Waals surface area contributed by atoms with Crippen LogP contribution in [0, 0.1) is 30.1 Å². The molecule has 4 N–H and O–H groups in total. The largest absolute Gasteiger partial charge is 0.391 e. The van der Waals surface area contributed by atoms with Gasteiger partial charge in [0.05, 0.1) is 29.5 Å². The first-order valence-electron chi connectivity index (χ1n) is 16.9. The molecule has 0 saturated heterocycles. The van der Waals surface area contributed by atoms with Crippen molar-refractivity contribution >= 4 is 33.4 Å². The Hall–Kier alpha value is -4.66. The van der Waals surface area contributed by atoms with Gasteiger partial charge in [0.2, 0.25) is 21.8 Å². The number of amides is 3. The number of aliphatic hydroxyl groups is 1. The number of nitrogens with zero attached hydrogens (tertiary/aromatic N) is 1. The van der Waals surface area contributed by atoms with E-state index < -0.39 is 45.9 Å². The molecule has 3 aromatic rings. The molecule has 0 unspecified atom stereocenters. The van der Waals surface area contributed by atoms with Gasteiger partial charge >= 0.3 is 0 Å². The van der Waals surface area contributed by atoms with Crippen LogP contribution < -0.4 is 20.3 Å². The minimum Gasteiger partial charge on any atom is -0.391 e. The minimum atomic E-state index is -3.74. The molecule has 0 saturated carbocycles. The summed E-state index contributed by atoms with van der Waals surface area (Å²) >= 11 is 0. The summed E-state index contributed by atoms with van der Waals surface area (Å²) in [4.78, 5) is 40.1. The zero-order valence-electron chi connectivity index (χ0n) is 29.5. The highest BCUT2D eigenvalue weighted by Gasteiger charge is 2.32. The third-order valence-electron chi connectivity index (χ3n) is 8.40. The number of rotatable bonds is 18. The smallest absolute Gasteiger partial charge is 0.251 e. The fraction of sp³-hybridized carbons (Fsp3) is 0.410. The van der Waals surface area contributed by atoms with Crippen molar-refractivity contribution in [3.63, 3.8) is 0 Å². The predicted octanol–water partition coefficient (Wildman–Crippen LogP) is 4.65. The highest BCUT2D eigenvalue weighted by atomic mass is 32.2. The van der Waals surface area contributed by atoms with Crippen molar-refractivity contribution in [2.75, 3.05) is 11.4 Å². The molecule has 0 radical (unpaired) electrons. The second-order valence-corrected chi connectivity index (χ2v) is 15.3. The van der Waals surface area contributed by atoms with Gasteiger partial charge in [0, 0.05) is 25.6 Å². The Kier molecular flexibility index (Phi) is 15.1. The molecule has 0 fully saturated rings. The van der Waals surface area contributed by atoms with Crippen molar-refractivity contribution < 1.29 is 27.9 Å². The highest BCUT2D eigenvalue weighted by Crippen LogP contribution is 2.23. The lowest BCUT2D eigenvalue weighted by Crippen LogP contribution is -2.52. The van der Waals surface area contributed by atoms with Gasteiger partial charge < -0.3 is 21.1 Å². The third kappa shape index (κ3) is 12.0. The molecular formula is C39H50N4O6S. The van der Waals surface area contributed by atoms with Gasteiger partial charge in [-0.25, -0.2) is 8.42 Å². The number of anilines is 1. The van der Waals surface area contributed by atoms with Crippen LogP contribution in [0.1, 0.15) is 68.4 Å². The Labute approximate surface area is 297 Å². The maximum Gasteiger partial charge on any atom is 0.251 e. The minimum absolute atomic E-state index is 0.0214. The van der Waals surface area contributed by atoms with Crippen LogP contribution in [-0.4, -0.2) is 56.5 Å². The predicted molar refractivity (Wildman–Crippen MR) is 197 cm³/mol. The fourth-order valence-electron chi connectivity index (χ4n) is 5.54. The lowest BCUT2D eigenvalue weighted by molar-refractivity contribution is -0.132. The van der Waals surface area contributed by atoms with E-state index in [1.165, 1.54) is 13.1 Å². The first-order chi connectivity index (χ1) is 23.7. The number of terminal acetylenes is 1. The van der Waals surface area contributed by atoms with E-state index in [1.807, 2.05) is 64.1 Å². The summed E-state index contributed by atoms with van der Waals surface area (Å²) < 4.78 is 27.4. The van der Waals surface area contributed by atoms with Crippen LogP contribution in [0.15, 0.2) is 84.9 Å². The molecule has 11 heteroatoms.